The Labute approximate surface area is 94.1 Å². The number of urea groups is 1. The van der Waals surface area contributed by atoms with Crippen LogP contribution in [0.4, 0.5) is 4.79 Å². The second kappa shape index (κ2) is 3.44. The predicted molar refractivity (Wildman–Crippen MR) is 56.5 cm³/mol. The number of rotatable bonds is 1. The molecule has 2 saturated heterocycles. The molecule has 2 heterocycles. The Morgan fingerprint density at radius 3 is 2.50 bits per heavy atom. The molecular formula is C9H14N2O4S. The van der Waals surface area contributed by atoms with Crippen molar-refractivity contribution >= 4 is 21.8 Å². The maximum Gasteiger partial charge on any atom is 0.327 e. The van der Waals surface area contributed by atoms with Crippen LogP contribution < -0.4 is 0 Å². The molecule has 0 aliphatic carbocycles. The van der Waals surface area contributed by atoms with Crippen molar-refractivity contribution in [2.45, 2.75) is 25.4 Å². The molecule has 0 radical (unpaired) electrons. The van der Waals surface area contributed by atoms with E-state index in [1.807, 2.05) is 0 Å². The van der Waals surface area contributed by atoms with Gasteiger partial charge in [-0.1, -0.05) is 6.92 Å². The van der Waals surface area contributed by atoms with E-state index in [9.17, 15) is 18.0 Å². The Morgan fingerprint density at radius 1 is 1.38 bits per heavy atom. The molecule has 16 heavy (non-hydrogen) atoms. The average molecular weight is 246 g/mol. The van der Waals surface area contributed by atoms with Crippen LogP contribution in [-0.4, -0.2) is 60.8 Å². The van der Waals surface area contributed by atoms with Crippen LogP contribution in [0.3, 0.4) is 0 Å². The van der Waals surface area contributed by atoms with Crippen molar-refractivity contribution in [3.8, 4) is 0 Å². The van der Waals surface area contributed by atoms with E-state index in [1.165, 1.54) is 4.90 Å². The lowest BCUT2D eigenvalue weighted by molar-refractivity contribution is -0.128. The zero-order valence-corrected chi connectivity index (χ0v) is 10.0. The second-order valence-corrected chi connectivity index (χ2v) is 6.38. The molecule has 0 spiro atoms. The first-order chi connectivity index (χ1) is 7.37. The van der Waals surface area contributed by atoms with E-state index >= 15 is 0 Å². The average Bonchev–Trinajstić information content (AvgIpc) is 2.61. The Morgan fingerprint density at radius 2 is 1.94 bits per heavy atom. The molecule has 0 aromatic carbocycles. The smallest absolute Gasteiger partial charge is 0.321 e. The summed E-state index contributed by atoms with van der Waals surface area (Å²) in [4.78, 5) is 25.8. The quantitative estimate of drug-likeness (QED) is 0.582. The third-order valence-electron chi connectivity index (χ3n) is 3.20. The molecule has 2 atom stereocenters. The highest BCUT2D eigenvalue weighted by Gasteiger charge is 2.53. The number of amides is 3. The molecule has 7 heteroatoms. The fraction of sp³-hybridized carbons (Fsp3) is 0.778. The summed E-state index contributed by atoms with van der Waals surface area (Å²) in [6.45, 7) is 1.66. The van der Waals surface area contributed by atoms with Crippen molar-refractivity contribution in [3.05, 3.63) is 0 Å². The number of hydrogen-bond acceptors (Lipinski definition) is 4. The molecule has 90 valence electrons. The normalized spacial score (nSPS) is 32.0. The number of imide groups is 1. The fourth-order valence-electron chi connectivity index (χ4n) is 2.34. The number of hydrogen-bond donors (Lipinski definition) is 0. The van der Waals surface area contributed by atoms with Crippen LogP contribution in [-0.2, 0) is 14.6 Å². The minimum atomic E-state index is -3.12. The third-order valence-corrected chi connectivity index (χ3v) is 4.90. The van der Waals surface area contributed by atoms with Crippen LogP contribution in [0, 0.1) is 0 Å². The van der Waals surface area contributed by atoms with E-state index < -0.39 is 15.9 Å². The van der Waals surface area contributed by atoms with Crippen LogP contribution in [0.1, 0.15) is 13.3 Å². The minimum Gasteiger partial charge on any atom is -0.321 e. The topological polar surface area (TPSA) is 74.8 Å². The summed E-state index contributed by atoms with van der Waals surface area (Å²) in [5, 5.41) is 0. The van der Waals surface area contributed by atoms with E-state index in [-0.39, 0.29) is 35.9 Å². The van der Waals surface area contributed by atoms with E-state index in [0.717, 1.165) is 4.90 Å². The fourth-order valence-corrected chi connectivity index (χ4v) is 4.34. The van der Waals surface area contributed by atoms with Gasteiger partial charge < -0.3 is 4.90 Å². The summed E-state index contributed by atoms with van der Waals surface area (Å²) in [5.41, 5.74) is 0. The minimum absolute atomic E-state index is 0.0343. The van der Waals surface area contributed by atoms with Crippen LogP contribution in [0.25, 0.3) is 0 Å². The summed E-state index contributed by atoms with van der Waals surface area (Å²) >= 11 is 0. The highest BCUT2D eigenvalue weighted by atomic mass is 32.2. The van der Waals surface area contributed by atoms with Gasteiger partial charge >= 0.3 is 6.03 Å². The van der Waals surface area contributed by atoms with Gasteiger partial charge in [0.1, 0.15) is 0 Å². The maximum absolute atomic E-state index is 11.8. The van der Waals surface area contributed by atoms with E-state index in [0.29, 0.717) is 0 Å². The summed E-state index contributed by atoms with van der Waals surface area (Å²) in [6.07, 6.45) is 0.211. The lowest BCUT2D eigenvalue weighted by atomic mass is 10.1. The molecule has 0 aromatic heterocycles. The molecular weight excluding hydrogens is 232 g/mol. The number of carbonyl (C=O) groups is 2. The molecule has 0 unspecified atom stereocenters. The SMILES string of the molecule is CCC(=O)N1C(=O)N(C)[C@H]2CS(=O)(=O)C[C@H]21. The summed E-state index contributed by atoms with van der Waals surface area (Å²) < 4.78 is 23.0. The first kappa shape index (κ1) is 11.4. The largest absolute Gasteiger partial charge is 0.327 e. The van der Waals surface area contributed by atoms with Crippen LogP contribution >= 0.6 is 0 Å². The van der Waals surface area contributed by atoms with Crippen molar-refractivity contribution in [2.75, 3.05) is 18.6 Å². The molecule has 2 aliphatic heterocycles. The van der Waals surface area contributed by atoms with Crippen molar-refractivity contribution < 1.29 is 18.0 Å². The molecule has 6 nitrogen and oxygen atoms in total. The molecule has 0 N–H and O–H groups in total. The van der Waals surface area contributed by atoms with Crippen molar-refractivity contribution in [1.82, 2.24) is 9.80 Å². The van der Waals surface area contributed by atoms with Gasteiger partial charge in [0.2, 0.25) is 5.91 Å². The Hall–Kier alpha value is -1.11. The van der Waals surface area contributed by atoms with Gasteiger partial charge in [0, 0.05) is 13.5 Å². The van der Waals surface area contributed by atoms with E-state index in [2.05, 4.69) is 0 Å². The number of nitrogens with zero attached hydrogens (tertiary/aromatic N) is 2. The molecule has 2 aliphatic rings. The van der Waals surface area contributed by atoms with Crippen molar-refractivity contribution in [2.24, 2.45) is 0 Å². The number of sulfone groups is 1. The molecule has 0 aromatic rings. The zero-order valence-electron chi connectivity index (χ0n) is 9.21. The van der Waals surface area contributed by atoms with Gasteiger partial charge in [0.15, 0.2) is 9.84 Å². The van der Waals surface area contributed by atoms with Crippen LogP contribution in [0.15, 0.2) is 0 Å². The number of carbonyl (C=O) groups excluding carboxylic acids is 2. The lowest BCUT2D eigenvalue weighted by Gasteiger charge is -2.18. The zero-order chi connectivity index (χ0) is 12.1. The molecule has 2 rings (SSSR count). The molecule has 0 bridgehead atoms. The van der Waals surface area contributed by atoms with Gasteiger partial charge in [0.05, 0.1) is 23.6 Å². The Bertz CT molecular complexity index is 444. The molecule has 2 fully saturated rings. The van der Waals surface area contributed by atoms with Gasteiger partial charge in [-0.15, -0.1) is 0 Å². The lowest BCUT2D eigenvalue weighted by Crippen LogP contribution is -2.41. The summed E-state index contributed by atoms with van der Waals surface area (Å²) in [6, 6.07) is -1.24. The second-order valence-electron chi connectivity index (χ2n) is 4.22. The first-order valence-corrected chi connectivity index (χ1v) is 6.99. The highest BCUT2D eigenvalue weighted by molar-refractivity contribution is 7.91. The van der Waals surface area contributed by atoms with Crippen molar-refractivity contribution in [1.29, 1.82) is 0 Å². The number of likely N-dealkylation sites (N-methyl/N-ethyl adjacent to an activating group) is 1. The monoisotopic (exact) mass is 246 g/mol. The van der Waals surface area contributed by atoms with Gasteiger partial charge in [-0.3, -0.25) is 9.69 Å². The predicted octanol–water partition coefficient (Wildman–Crippen LogP) is -0.544. The summed E-state index contributed by atoms with van der Waals surface area (Å²) in [7, 11) is -1.58. The van der Waals surface area contributed by atoms with Gasteiger partial charge in [-0.05, 0) is 0 Å². The van der Waals surface area contributed by atoms with Crippen LogP contribution in [0.2, 0.25) is 0 Å². The van der Waals surface area contributed by atoms with Gasteiger partial charge in [0.25, 0.3) is 0 Å². The van der Waals surface area contributed by atoms with E-state index in [1.54, 1.807) is 14.0 Å². The van der Waals surface area contributed by atoms with Crippen molar-refractivity contribution in [3.63, 3.8) is 0 Å². The number of fused-ring (bicyclic) bond motifs is 1. The van der Waals surface area contributed by atoms with E-state index in [4.69, 9.17) is 0 Å². The Kier molecular flexibility index (Phi) is 2.45. The molecule has 3 amide bonds. The van der Waals surface area contributed by atoms with Gasteiger partial charge in [-0.2, -0.15) is 0 Å². The maximum atomic E-state index is 11.8. The first-order valence-electron chi connectivity index (χ1n) is 5.16. The highest BCUT2D eigenvalue weighted by Crippen LogP contribution is 2.30. The van der Waals surface area contributed by atoms with Crippen LogP contribution in [0.5, 0.6) is 0 Å². The Balaban J connectivity index is 2.34. The standard InChI is InChI=1S/C9H14N2O4S/c1-3-8(12)11-7-5-16(14,15)4-6(7)10(2)9(11)13/h6-7H,3-5H2,1-2H3/t6-,7+/m0/s1. The van der Waals surface area contributed by atoms with Gasteiger partial charge in [-0.25, -0.2) is 13.2 Å². The summed E-state index contributed by atoms with van der Waals surface area (Å²) in [5.74, 6) is -0.436. The third kappa shape index (κ3) is 1.50. The molecule has 0 saturated carbocycles.